The van der Waals surface area contributed by atoms with Crippen LogP contribution in [0.3, 0.4) is 0 Å². The second kappa shape index (κ2) is 7.94. The number of imidazole rings is 1. The van der Waals surface area contributed by atoms with Crippen LogP contribution in [0.25, 0.3) is 33.2 Å². The van der Waals surface area contributed by atoms with Gasteiger partial charge in [-0.15, -0.1) is 0 Å². The summed E-state index contributed by atoms with van der Waals surface area (Å²) in [4.78, 5) is 29.1. The Labute approximate surface area is 188 Å². The molecule has 8 nitrogen and oxygen atoms in total. The number of halogens is 1. The van der Waals surface area contributed by atoms with E-state index in [1.54, 1.807) is 32.4 Å². The number of hydrogen-bond donors (Lipinski definition) is 3. The molecule has 1 atom stereocenters. The van der Waals surface area contributed by atoms with Gasteiger partial charge in [-0.3, -0.25) is 14.1 Å². The monoisotopic (exact) mass is 444 g/mol. The maximum absolute atomic E-state index is 14.0. The van der Waals surface area contributed by atoms with Crippen LogP contribution in [-0.4, -0.2) is 33.4 Å². The number of pyridine rings is 1. The summed E-state index contributed by atoms with van der Waals surface area (Å²) in [7, 11) is 3.23. The van der Waals surface area contributed by atoms with Crippen molar-refractivity contribution in [3.8, 4) is 5.69 Å². The maximum atomic E-state index is 14.0. The first-order chi connectivity index (χ1) is 16.0. The predicted molar refractivity (Wildman–Crippen MR) is 125 cm³/mol. The maximum Gasteiger partial charge on any atom is 0.333 e. The quantitative estimate of drug-likeness (QED) is 0.453. The van der Waals surface area contributed by atoms with Crippen molar-refractivity contribution in [1.29, 1.82) is 0 Å². The molecule has 9 heteroatoms. The van der Waals surface area contributed by atoms with Crippen LogP contribution in [0.1, 0.15) is 5.56 Å². The summed E-state index contributed by atoms with van der Waals surface area (Å²) in [6.07, 6.45) is 6.91. The Morgan fingerprint density at radius 3 is 2.79 bits per heavy atom. The number of carbonyl (C=O) groups is 1. The second-order valence-corrected chi connectivity index (χ2v) is 7.71. The number of nitrogens with one attached hydrogen (secondary N) is 3. The predicted octanol–water partition coefficient (Wildman–Crippen LogP) is 2.77. The van der Waals surface area contributed by atoms with Crippen molar-refractivity contribution < 1.29 is 9.18 Å². The van der Waals surface area contributed by atoms with Gasteiger partial charge < -0.3 is 16.0 Å². The van der Waals surface area contributed by atoms with Crippen LogP contribution in [0, 0.1) is 5.82 Å². The highest BCUT2D eigenvalue weighted by atomic mass is 19.1. The standard InChI is InChI=1S/C24H21FN6O2/c1-26-23(32)29-21-9-7-15(12-28-21)14-6-8-19-18(10-14)22-20(13-27-19)30(2)24(33)31(22)17-5-3-4-16(25)11-17/h3-13,21,28H,1-2H3,(H2,26,29,32). The normalized spacial score (nSPS) is 15.4. The van der Waals surface area contributed by atoms with Gasteiger partial charge in [-0.1, -0.05) is 18.2 Å². The van der Waals surface area contributed by atoms with Crippen LogP contribution in [0.4, 0.5) is 9.18 Å². The van der Waals surface area contributed by atoms with E-state index in [0.29, 0.717) is 16.7 Å². The molecule has 5 rings (SSSR count). The highest BCUT2D eigenvalue weighted by molar-refractivity contribution is 6.04. The molecule has 2 aromatic carbocycles. The fraction of sp³-hybridized carbons (Fsp3) is 0.125. The molecule has 0 aliphatic carbocycles. The number of benzene rings is 2. The van der Waals surface area contributed by atoms with Crippen LogP contribution in [0.5, 0.6) is 0 Å². The van der Waals surface area contributed by atoms with Crippen molar-refractivity contribution in [3.63, 3.8) is 0 Å². The molecule has 0 spiro atoms. The Morgan fingerprint density at radius 2 is 2.06 bits per heavy atom. The van der Waals surface area contributed by atoms with Gasteiger partial charge in [0.25, 0.3) is 0 Å². The van der Waals surface area contributed by atoms with Crippen LogP contribution in [0.15, 0.2) is 71.8 Å². The third-order valence-electron chi connectivity index (χ3n) is 5.68. The molecule has 0 bridgehead atoms. The minimum Gasteiger partial charge on any atom is -0.367 e. The number of urea groups is 1. The third kappa shape index (κ3) is 3.53. The average Bonchev–Trinajstić information content (AvgIpc) is 3.09. The summed E-state index contributed by atoms with van der Waals surface area (Å²) in [6.45, 7) is 0. The van der Waals surface area contributed by atoms with Gasteiger partial charge in [0.05, 0.1) is 28.4 Å². The van der Waals surface area contributed by atoms with Gasteiger partial charge in [-0.2, -0.15) is 0 Å². The second-order valence-electron chi connectivity index (χ2n) is 7.71. The lowest BCUT2D eigenvalue weighted by Crippen LogP contribution is -2.46. The molecule has 1 unspecified atom stereocenters. The number of dihydropyridines is 1. The summed E-state index contributed by atoms with van der Waals surface area (Å²) in [6, 6.07) is 11.5. The van der Waals surface area contributed by atoms with E-state index in [1.807, 2.05) is 36.6 Å². The number of carbonyl (C=O) groups excluding carboxylic acids is 1. The number of fused-ring (bicyclic) bond motifs is 3. The third-order valence-corrected chi connectivity index (χ3v) is 5.68. The Bertz CT molecular complexity index is 1530. The van der Waals surface area contributed by atoms with Gasteiger partial charge in [0.1, 0.15) is 12.0 Å². The highest BCUT2D eigenvalue weighted by Crippen LogP contribution is 2.29. The van der Waals surface area contributed by atoms with Gasteiger partial charge >= 0.3 is 11.7 Å². The molecule has 4 aromatic rings. The minimum absolute atomic E-state index is 0.281. The van der Waals surface area contributed by atoms with Crippen molar-refractivity contribution in [2.75, 3.05) is 7.05 Å². The number of rotatable bonds is 3. The zero-order valence-corrected chi connectivity index (χ0v) is 18.0. The summed E-state index contributed by atoms with van der Waals surface area (Å²) in [5.74, 6) is -0.418. The SMILES string of the molecule is CNC(=O)NC1C=CC(c2ccc3ncc4c(c3c2)n(-c2cccc(F)c2)c(=O)n4C)=CN1. The number of allylic oxidation sites excluding steroid dienone is 2. The van der Waals surface area contributed by atoms with E-state index in [-0.39, 0.29) is 17.9 Å². The van der Waals surface area contributed by atoms with Crippen LogP contribution >= 0.6 is 0 Å². The Morgan fingerprint density at radius 1 is 1.21 bits per heavy atom. The largest absolute Gasteiger partial charge is 0.367 e. The molecule has 0 saturated heterocycles. The molecule has 2 aromatic heterocycles. The molecule has 0 saturated carbocycles. The van der Waals surface area contributed by atoms with Gasteiger partial charge in [-0.05, 0) is 47.5 Å². The zero-order valence-electron chi connectivity index (χ0n) is 18.0. The molecular weight excluding hydrogens is 423 g/mol. The summed E-state index contributed by atoms with van der Waals surface area (Å²) in [5, 5.41) is 9.18. The van der Waals surface area contributed by atoms with Crippen molar-refractivity contribution in [2.24, 2.45) is 7.05 Å². The number of amides is 2. The van der Waals surface area contributed by atoms with Crippen molar-refractivity contribution in [2.45, 2.75) is 6.17 Å². The molecular formula is C24H21FN6O2. The first-order valence-electron chi connectivity index (χ1n) is 10.4. The number of aromatic nitrogens is 3. The summed E-state index contributed by atoms with van der Waals surface area (Å²) in [5.41, 5.74) is 4.00. The summed E-state index contributed by atoms with van der Waals surface area (Å²) >= 11 is 0. The first kappa shape index (κ1) is 20.5. The van der Waals surface area contributed by atoms with E-state index in [2.05, 4.69) is 20.9 Å². The van der Waals surface area contributed by atoms with Crippen LogP contribution in [0.2, 0.25) is 0 Å². The average molecular weight is 444 g/mol. The van der Waals surface area contributed by atoms with E-state index in [0.717, 1.165) is 22.0 Å². The van der Waals surface area contributed by atoms with E-state index in [4.69, 9.17) is 0 Å². The Hall–Kier alpha value is -4.40. The fourth-order valence-electron chi connectivity index (χ4n) is 4.00. The molecule has 1 aliphatic rings. The molecule has 3 heterocycles. The van der Waals surface area contributed by atoms with Gasteiger partial charge in [0.2, 0.25) is 0 Å². The van der Waals surface area contributed by atoms with Crippen LogP contribution in [-0.2, 0) is 7.05 Å². The Kier molecular flexibility index (Phi) is 4.93. The lowest BCUT2D eigenvalue weighted by atomic mass is 10.0. The number of nitrogens with zero attached hydrogens (tertiary/aromatic N) is 3. The number of hydrogen-bond acceptors (Lipinski definition) is 4. The van der Waals surface area contributed by atoms with E-state index < -0.39 is 5.82 Å². The van der Waals surface area contributed by atoms with Gasteiger partial charge in [-0.25, -0.2) is 14.0 Å². The molecule has 3 N–H and O–H groups in total. The van der Waals surface area contributed by atoms with Crippen molar-refractivity contribution >= 4 is 33.5 Å². The van der Waals surface area contributed by atoms with E-state index in [9.17, 15) is 14.0 Å². The highest BCUT2D eigenvalue weighted by Gasteiger charge is 2.18. The molecule has 0 radical (unpaired) electrons. The Balaban J connectivity index is 1.65. The number of aryl methyl sites for hydroxylation is 1. The lowest BCUT2D eigenvalue weighted by molar-refractivity contribution is 0.240. The smallest absolute Gasteiger partial charge is 0.333 e. The molecule has 2 amide bonds. The zero-order chi connectivity index (χ0) is 23.1. The minimum atomic E-state index is -0.418. The van der Waals surface area contributed by atoms with E-state index in [1.165, 1.54) is 21.3 Å². The molecule has 33 heavy (non-hydrogen) atoms. The lowest BCUT2D eigenvalue weighted by Gasteiger charge is -2.20. The molecule has 166 valence electrons. The van der Waals surface area contributed by atoms with Gasteiger partial charge in [0.15, 0.2) is 0 Å². The van der Waals surface area contributed by atoms with Gasteiger partial charge in [0, 0.05) is 25.7 Å². The van der Waals surface area contributed by atoms with E-state index >= 15 is 0 Å². The van der Waals surface area contributed by atoms with Crippen molar-refractivity contribution in [1.82, 2.24) is 30.1 Å². The first-order valence-corrected chi connectivity index (χ1v) is 10.4. The molecule has 1 aliphatic heterocycles. The van der Waals surface area contributed by atoms with Crippen molar-refractivity contribution in [3.05, 3.63) is 88.9 Å². The molecule has 0 fully saturated rings. The summed E-state index contributed by atoms with van der Waals surface area (Å²) < 4.78 is 17.0. The van der Waals surface area contributed by atoms with Crippen LogP contribution < -0.4 is 21.6 Å². The fourth-order valence-corrected chi connectivity index (χ4v) is 4.00. The topological polar surface area (TPSA) is 93.0 Å².